The number of carboxylic acid groups (broad SMARTS) is 1. The lowest BCUT2D eigenvalue weighted by atomic mass is 10.0. The Labute approximate surface area is 473 Å². The maximum Gasteiger partial charge on any atom is 0.361 e. The molecule has 0 aromatic heterocycles. The Bertz CT molecular complexity index is 1580. The van der Waals surface area contributed by atoms with Crippen LogP contribution in [0.2, 0.25) is 0 Å². The van der Waals surface area contributed by atoms with Gasteiger partial charge in [0.25, 0.3) is 6.29 Å². The van der Waals surface area contributed by atoms with E-state index in [1.807, 2.05) is 21.1 Å². The van der Waals surface area contributed by atoms with E-state index in [4.69, 9.17) is 18.9 Å². The summed E-state index contributed by atoms with van der Waals surface area (Å²) in [5.74, 6) is -2.01. The highest BCUT2D eigenvalue weighted by molar-refractivity contribution is 5.71. The molecule has 0 aliphatic carbocycles. The lowest BCUT2D eigenvalue weighted by molar-refractivity contribution is -0.870. The average Bonchev–Trinajstić information content (AvgIpc) is 3.40. The van der Waals surface area contributed by atoms with Crippen LogP contribution < -0.4 is 0 Å². The minimum atomic E-state index is -1.52. The molecule has 2 unspecified atom stereocenters. The van der Waals surface area contributed by atoms with E-state index >= 15 is 0 Å². The van der Waals surface area contributed by atoms with Gasteiger partial charge >= 0.3 is 17.9 Å². The zero-order chi connectivity index (χ0) is 56.2. The number of nitrogens with zero attached hydrogens (tertiary/aromatic N) is 1. The first kappa shape index (κ1) is 73.2. The summed E-state index contributed by atoms with van der Waals surface area (Å²) in [6.07, 6.45) is 76.4. The maximum absolute atomic E-state index is 12.9. The molecular weight excluding hydrogens is 959 g/mol. The molecule has 0 aromatic rings. The number of carbonyl (C=O) groups is 3. The molecule has 2 atom stereocenters. The molecule has 0 amide bonds. The largest absolute Gasteiger partial charge is 0.477 e. The standard InChI is InChI=1S/C68H117NO8/c1-6-8-10-12-14-16-18-20-22-24-26-28-29-30-31-32-33-34-35-36-37-39-41-43-45-47-49-51-53-55-57-59-66(71)77-64(63-76-68(67(72)73)74-61-60-69(3,4)5)62-75-65(70)58-56-54-52-50-48-46-44-42-40-38-27-25-23-21-19-17-15-13-11-9-7-2/h8-11,14-17,20-23,26-28,38,64,68H,6-7,12-13,18-19,24-25,29-37,39-63H2,1-5H3/p+1/b10-8-,11-9-,16-14-,17-15-,22-20-,23-21-,28-26-,38-27-. The minimum Gasteiger partial charge on any atom is -0.477 e. The predicted octanol–water partition coefficient (Wildman–Crippen LogP) is 18.9. The van der Waals surface area contributed by atoms with Crippen molar-refractivity contribution in [2.75, 3.05) is 47.5 Å². The quantitative estimate of drug-likeness (QED) is 0.0211. The van der Waals surface area contributed by atoms with Gasteiger partial charge in [-0.05, 0) is 89.9 Å². The van der Waals surface area contributed by atoms with Crippen molar-refractivity contribution in [2.24, 2.45) is 0 Å². The summed E-state index contributed by atoms with van der Waals surface area (Å²) in [6, 6.07) is 0. The molecular formula is C68H118NO8+. The molecule has 442 valence electrons. The van der Waals surface area contributed by atoms with Gasteiger partial charge < -0.3 is 28.5 Å². The molecule has 0 saturated heterocycles. The van der Waals surface area contributed by atoms with Crippen molar-refractivity contribution >= 4 is 17.9 Å². The zero-order valence-electron chi connectivity index (χ0n) is 50.3. The summed E-state index contributed by atoms with van der Waals surface area (Å²) < 4.78 is 22.9. The van der Waals surface area contributed by atoms with E-state index in [2.05, 4.69) is 111 Å². The van der Waals surface area contributed by atoms with Crippen LogP contribution in [0.4, 0.5) is 0 Å². The van der Waals surface area contributed by atoms with Gasteiger partial charge in [-0.25, -0.2) is 4.79 Å². The first-order valence-corrected chi connectivity index (χ1v) is 31.4. The molecule has 0 spiro atoms. The zero-order valence-corrected chi connectivity index (χ0v) is 50.3. The number of likely N-dealkylation sites (N-methyl/N-ethyl adjacent to an activating group) is 1. The smallest absolute Gasteiger partial charge is 0.361 e. The van der Waals surface area contributed by atoms with E-state index in [0.29, 0.717) is 11.0 Å². The van der Waals surface area contributed by atoms with Crippen molar-refractivity contribution in [1.29, 1.82) is 0 Å². The van der Waals surface area contributed by atoms with E-state index < -0.39 is 24.3 Å². The molecule has 9 nitrogen and oxygen atoms in total. The lowest BCUT2D eigenvalue weighted by Crippen LogP contribution is -2.40. The summed E-state index contributed by atoms with van der Waals surface area (Å²) in [5, 5.41) is 9.72. The van der Waals surface area contributed by atoms with Crippen LogP contribution >= 0.6 is 0 Å². The van der Waals surface area contributed by atoms with Gasteiger partial charge in [-0.1, -0.05) is 252 Å². The van der Waals surface area contributed by atoms with Crippen molar-refractivity contribution in [2.45, 2.75) is 270 Å². The van der Waals surface area contributed by atoms with Crippen LogP contribution in [0.5, 0.6) is 0 Å². The van der Waals surface area contributed by atoms with Crippen LogP contribution in [-0.2, 0) is 33.3 Å². The third kappa shape index (κ3) is 59.7. The molecule has 0 fully saturated rings. The van der Waals surface area contributed by atoms with Crippen LogP contribution in [0, 0.1) is 0 Å². The number of rotatable bonds is 57. The number of aliphatic carboxylic acids is 1. The van der Waals surface area contributed by atoms with Gasteiger partial charge in [-0.15, -0.1) is 0 Å². The average molecular weight is 1080 g/mol. The van der Waals surface area contributed by atoms with Crippen molar-refractivity contribution in [3.05, 3.63) is 97.2 Å². The topological polar surface area (TPSA) is 108 Å². The Morgan fingerprint density at radius 2 is 0.701 bits per heavy atom. The first-order chi connectivity index (χ1) is 37.6. The summed E-state index contributed by atoms with van der Waals surface area (Å²) in [4.78, 5) is 37.5. The molecule has 9 heteroatoms. The molecule has 0 aliphatic rings. The fourth-order valence-corrected chi connectivity index (χ4v) is 8.59. The summed E-state index contributed by atoms with van der Waals surface area (Å²) in [6.45, 7) is 4.66. The van der Waals surface area contributed by atoms with Crippen LogP contribution in [0.1, 0.15) is 258 Å². The van der Waals surface area contributed by atoms with Gasteiger partial charge in [0.1, 0.15) is 13.2 Å². The summed E-state index contributed by atoms with van der Waals surface area (Å²) in [5.41, 5.74) is 0. The molecule has 0 bridgehead atoms. The van der Waals surface area contributed by atoms with Gasteiger partial charge in [0.15, 0.2) is 6.10 Å². The normalized spacial score (nSPS) is 13.4. The molecule has 0 aromatic carbocycles. The number of hydrogen-bond donors (Lipinski definition) is 1. The number of ether oxygens (including phenoxy) is 4. The molecule has 0 radical (unpaired) electrons. The number of unbranched alkanes of at least 4 members (excludes halogenated alkanes) is 26. The minimum absolute atomic E-state index is 0.183. The third-order valence-corrected chi connectivity index (χ3v) is 13.3. The monoisotopic (exact) mass is 1080 g/mol. The predicted molar refractivity (Wildman–Crippen MR) is 327 cm³/mol. The first-order valence-electron chi connectivity index (χ1n) is 31.4. The van der Waals surface area contributed by atoms with Crippen LogP contribution in [0.15, 0.2) is 97.2 Å². The molecule has 0 heterocycles. The van der Waals surface area contributed by atoms with Gasteiger partial charge in [0, 0.05) is 12.8 Å². The number of carbonyl (C=O) groups excluding carboxylic acids is 2. The molecule has 0 saturated carbocycles. The Morgan fingerprint density at radius 1 is 0.390 bits per heavy atom. The number of carboxylic acids is 1. The highest BCUT2D eigenvalue weighted by atomic mass is 16.7. The SMILES string of the molecule is CC/C=C\C/C=C\C/C=C\C/C=C\CCCCCCCCCCCCCCCCCCCCC(=O)OC(COC(=O)CCCCCCCCCC/C=C\C/C=C\C/C=C\C/C=C\CC)COC(OCC[N+](C)(C)C)C(=O)O. The van der Waals surface area contributed by atoms with Crippen molar-refractivity contribution < 1.29 is 42.9 Å². The maximum atomic E-state index is 12.9. The second-order valence-corrected chi connectivity index (χ2v) is 22.0. The Kier molecular flexibility index (Phi) is 55.5. The number of hydrogen-bond acceptors (Lipinski definition) is 7. The molecule has 0 aliphatic heterocycles. The lowest BCUT2D eigenvalue weighted by Gasteiger charge is -2.25. The summed E-state index contributed by atoms with van der Waals surface area (Å²) in [7, 11) is 5.97. The van der Waals surface area contributed by atoms with E-state index in [1.54, 1.807) is 0 Å². The van der Waals surface area contributed by atoms with Crippen LogP contribution in [-0.4, -0.2) is 87.4 Å². The fraction of sp³-hybridized carbons (Fsp3) is 0.721. The van der Waals surface area contributed by atoms with Gasteiger partial charge in [-0.2, -0.15) is 0 Å². The van der Waals surface area contributed by atoms with E-state index in [-0.39, 0.29) is 38.6 Å². The van der Waals surface area contributed by atoms with Gasteiger partial charge in [0.05, 0.1) is 34.4 Å². The Hall–Kier alpha value is -3.79. The molecule has 0 rings (SSSR count). The number of allylic oxidation sites excluding steroid dienone is 16. The summed E-state index contributed by atoms with van der Waals surface area (Å²) >= 11 is 0. The molecule has 1 N–H and O–H groups in total. The van der Waals surface area contributed by atoms with Gasteiger partial charge in [-0.3, -0.25) is 9.59 Å². The number of esters is 2. The van der Waals surface area contributed by atoms with Crippen molar-refractivity contribution in [1.82, 2.24) is 0 Å². The van der Waals surface area contributed by atoms with Crippen molar-refractivity contribution in [3.8, 4) is 0 Å². The highest BCUT2D eigenvalue weighted by Crippen LogP contribution is 2.17. The van der Waals surface area contributed by atoms with Crippen LogP contribution in [0.25, 0.3) is 0 Å². The van der Waals surface area contributed by atoms with Gasteiger partial charge in [0.2, 0.25) is 0 Å². The molecule has 77 heavy (non-hydrogen) atoms. The van der Waals surface area contributed by atoms with E-state index in [9.17, 15) is 19.5 Å². The fourth-order valence-electron chi connectivity index (χ4n) is 8.59. The Morgan fingerprint density at radius 3 is 1.04 bits per heavy atom. The second kappa shape index (κ2) is 58.4. The third-order valence-electron chi connectivity index (χ3n) is 13.3. The van der Waals surface area contributed by atoms with Crippen molar-refractivity contribution in [3.63, 3.8) is 0 Å². The van der Waals surface area contributed by atoms with E-state index in [0.717, 1.165) is 103 Å². The second-order valence-electron chi connectivity index (χ2n) is 22.0. The van der Waals surface area contributed by atoms with E-state index in [1.165, 1.54) is 128 Å². The Balaban J connectivity index is 4.16. The highest BCUT2D eigenvalue weighted by Gasteiger charge is 2.25. The van der Waals surface area contributed by atoms with Crippen LogP contribution in [0.3, 0.4) is 0 Å². The number of quaternary nitrogens is 1.